The summed E-state index contributed by atoms with van der Waals surface area (Å²) in [5.74, 6) is -1.00. The number of hydrogen-bond acceptors (Lipinski definition) is 4. The van der Waals surface area contributed by atoms with E-state index in [1.165, 1.54) is 25.2 Å². The Labute approximate surface area is 104 Å². The van der Waals surface area contributed by atoms with Crippen LogP contribution in [0.15, 0.2) is 18.2 Å². The van der Waals surface area contributed by atoms with E-state index in [0.717, 1.165) is 0 Å². The third kappa shape index (κ3) is 9.19. The molecule has 0 amide bonds. The molecular weight excluding hydrogens is 218 g/mol. The number of hydrogen-bond donors (Lipinski definition) is 4. The summed E-state index contributed by atoms with van der Waals surface area (Å²) in [4.78, 5) is 10.4. The highest BCUT2D eigenvalue weighted by molar-refractivity contribution is 5.90. The highest BCUT2D eigenvalue weighted by atomic mass is 16.4. The van der Waals surface area contributed by atoms with E-state index in [1.54, 1.807) is 0 Å². The lowest BCUT2D eigenvalue weighted by atomic mass is 10.2. The van der Waals surface area contributed by atoms with Gasteiger partial charge >= 0.3 is 5.97 Å². The van der Waals surface area contributed by atoms with E-state index in [-0.39, 0.29) is 5.56 Å². The van der Waals surface area contributed by atoms with Crippen molar-refractivity contribution in [2.75, 3.05) is 18.5 Å². The molecule has 0 aliphatic rings. The van der Waals surface area contributed by atoms with Crippen molar-refractivity contribution in [2.24, 2.45) is 5.73 Å². The molecule has 0 atom stereocenters. The van der Waals surface area contributed by atoms with E-state index in [4.69, 9.17) is 16.6 Å². The zero-order valence-electron chi connectivity index (χ0n) is 11.3. The summed E-state index contributed by atoms with van der Waals surface area (Å²) in [7, 11) is 1.50. The Morgan fingerprint density at radius 3 is 1.71 bits per heavy atom. The lowest BCUT2D eigenvalue weighted by Gasteiger charge is -1.99. The molecule has 1 aromatic carbocycles. The summed E-state index contributed by atoms with van der Waals surface area (Å²) >= 11 is 0. The van der Waals surface area contributed by atoms with Crippen LogP contribution >= 0.6 is 0 Å². The van der Waals surface area contributed by atoms with Gasteiger partial charge in [0.2, 0.25) is 0 Å². The molecule has 100 valence electrons. The largest absolute Gasteiger partial charge is 0.478 e. The zero-order chi connectivity index (χ0) is 14.4. The molecule has 0 aromatic heterocycles. The molecule has 0 saturated carbocycles. The number of nitrogens with two attached hydrogens (primary N) is 3. The van der Waals surface area contributed by atoms with Crippen LogP contribution in [-0.2, 0) is 0 Å². The number of carboxylic acid groups (broad SMARTS) is 1. The monoisotopic (exact) mass is 243 g/mol. The third-order valence-electron chi connectivity index (χ3n) is 1.33. The van der Waals surface area contributed by atoms with Gasteiger partial charge in [-0.15, -0.1) is 0 Å². The summed E-state index contributed by atoms with van der Waals surface area (Å²) in [5, 5.41) is 8.50. The standard InChI is InChI=1S/C7H8N2O2.2C2H6.CH5N/c8-5-2-1-4(7(10)11)3-6(5)9;3*1-2/h1-3H,8-9H2,(H,10,11);2*1-2H3;2H2,1H3. The average molecular weight is 243 g/mol. The average Bonchev–Trinajstić information content (AvgIpc) is 2.39. The number of nitrogen functional groups attached to an aromatic ring is 2. The minimum Gasteiger partial charge on any atom is -0.478 e. The van der Waals surface area contributed by atoms with Gasteiger partial charge in [0, 0.05) is 0 Å². The smallest absolute Gasteiger partial charge is 0.335 e. The van der Waals surface area contributed by atoms with Crippen molar-refractivity contribution in [1.82, 2.24) is 0 Å². The van der Waals surface area contributed by atoms with Crippen molar-refractivity contribution in [2.45, 2.75) is 27.7 Å². The van der Waals surface area contributed by atoms with Crippen molar-refractivity contribution in [1.29, 1.82) is 0 Å². The molecule has 5 heteroatoms. The SMILES string of the molecule is CC.CC.CN.Nc1ccc(C(=O)O)cc1N. The van der Waals surface area contributed by atoms with E-state index in [0.29, 0.717) is 11.4 Å². The minimum atomic E-state index is -1.00. The van der Waals surface area contributed by atoms with Gasteiger partial charge in [0.05, 0.1) is 16.9 Å². The van der Waals surface area contributed by atoms with Gasteiger partial charge in [-0.05, 0) is 25.2 Å². The number of carbonyl (C=O) groups is 1. The second kappa shape index (κ2) is 14.2. The van der Waals surface area contributed by atoms with Crippen LogP contribution in [0.4, 0.5) is 11.4 Å². The van der Waals surface area contributed by atoms with Crippen LogP contribution in [-0.4, -0.2) is 18.1 Å². The first-order valence-electron chi connectivity index (χ1n) is 5.57. The van der Waals surface area contributed by atoms with E-state index in [1.807, 2.05) is 27.7 Å². The molecule has 0 bridgehead atoms. The molecule has 0 unspecified atom stereocenters. The van der Waals surface area contributed by atoms with Gasteiger partial charge in [-0.25, -0.2) is 4.79 Å². The van der Waals surface area contributed by atoms with Gasteiger partial charge in [0.1, 0.15) is 0 Å². The van der Waals surface area contributed by atoms with Gasteiger partial charge < -0.3 is 22.3 Å². The molecule has 17 heavy (non-hydrogen) atoms. The van der Waals surface area contributed by atoms with E-state index < -0.39 is 5.97 Å². The van der Waals surface area contributed by atoms with Crippen LogP contribution in [0.1, 0.15) is 38.1 Å². The Morgan fingerprint density at radius 2 is 1.41 bits per heavy atom. The van der Waals surface area contributed by atoms with Crippen LogP contribution < -0.4 is 17.2 Å². The van der Waals surface area contributed by atoms with Crippen molar-refractivity contribution >= 4 is 17.3 Å². The lowest BCUT2D eigenvalue weighted by Crippen LogP contribution is -2.00. The summed E-state index contributed by atoms with van der Waals surface area (Å²) in [6.45, 7) is 8.00. The number of aromatic carboxylic acids is 1. The molecule has 0 aliphatic carbocycles. The maximum atomic E-state index is 10.4. The molecule has 7 N–H and O–H groups in total. The maximum Gasteiger partial charge on any atom is 0.335 e. The molecule has 0 radical (unpaired) electrons. The Morgan fingerprint density at radius 1 is 1.00 bits per heavy atom. The molecule has 0 fully saturated rings. The summed E-state index contributed by atoms with van der Waals surface area (Å²) < 4.78 is 0. The van der Waals surface area contributed by atoms with Gasteiger partial charge in [-0.3, -0.25) is 0 Å². The molecule has 0 saturated heterocycles. The molecule has 0 aliphatic heterocycles. The molecule has 1 aromatic rings. The van der Waals surface area contributed by atoms with Crippen molar-refractivity contribution in [3.63, 3.8) is 0 Å². The molecule has 0 heterocycles. The minimum absolute atomic E-state index is 0.150. The third-order valence-corrected chi connectivity index (χ3v) is 1.33. The fraction of sp³-hybridized carbons (Fsp3) is 0.417. The predicted molar refractivity (Wildman–Crippen MR) is 75.0 cm³/mol. The van der Waals surface area contributed by atoms with Gasteiger partial charge in [-0.2, -0.15) is 0 Å². The molecular formula is C12H25N3O2. The second-order valence-corrected chi connectivity index (χ2v) is 2.15. The Bertz CT molecular complexity index is 302. The molecule has 5 nitrogen and oxygen atoms in total. The van der Waals surface area contributed by atoms with Gasteiger partial charge in [0.25, 0.3) is 0 Å². The second-order valence-electron chi connectivity index (χ2n) is 2.15. The van der Waals surface area contributed by atoms with E-state index in [9.17, 15) is 4.79 Å². The maximum absolute atomic E-state index is 10.4. The number of rotatable bonds is 1. The lowest BCUT2D eigenvalue weighted by molar-refractivity contribution is 0.0697. The van der Waals surface area contributed by atoms with Crippen LogP contribution in [0, 0.1) is 0 Å². The molecule has 1 rings (SSSR count). The topological polar surface area (TPSA) is 115 Å². The van der Waals surface area contributed by atoms with E-state index in [2.05, 4.69) is 5.73 Å². The highest BCUT2D eigenvalue weighted by Gasteiger charge is 2.03. The summed E-state index contributed by atoms with van der Waals surface area (Å²) in [6.07, 6.45) is 0. The molecule has 0 spiro atoms. The van der Waals surface area contributed by atoms with Crippen LogP contribution in [0.25, 0.3) is 0 Å². The van der Waals surface area contributed by atoms with Crippen molar-refractivity contribution in [3.05, 3.63) is 23.8 Å². The Kier molecular flexibility index (Phi) is 17.3. The number of anilines is 2. The van der Waals surface area contributed by atoms with Gasteiger partial charge in [-0.1, -0.05) is 27.7 Å². The number of carboxylic acids is 1. The first-order valence-corrected chi connectivity index (χ1v) is 5.57. The summed E-state index contributed by atoms with van der Waals surface area (Å²) in [6, 6.07) is 4.21. The fourth-order valence-electron chi connectivity index (χ4n) is 0.708. The highest BCUT2D eigenvalue weighted by Crippen LogP contribution is 2.15. The Balaban J connectivity index is -0.000000285. The Hall–Kier alpha value is -1.75. The zero-order valence-corrected chi connectivity index (χ0v) is 11.3. The summed E-state index contributed by atoms with van der Waals surface area (Å²) in [5.41, 5.74) is 16.1. The van der Waals surface area contributed by atoms with Crippen LogP contribution in [0.2, 0.25) is 0 Å². The van der Waals surface area contributed by atoms with E-state index >= 15 is 0 Å². The first-order chi connectivity index (χ1) is 8.11. The first kappa shape index (κ1) is 20.6. The normalized spacial score (nSPS) is 7.18. The predicted octanol–water partition coefficient (Wildman–Crippen LogP) is 2.18. The number of benzene rings is 1. The van der Waals surface area contributed by atoms with Gasteiger partial charge in [0.15, 0.2) is 0 Å². The van der Waals surface area contributed by atoms with Crippen LogP contribution in [0.3, 0.4) is 0 Å². The quantitative estimate of drug-likeness (QED) is 0.564. The van der Waals surface area contributed by atoms with Crippen LogP contribution in [0.5, 0.6) is 0 Å². The van der Waals surface area contributed by atoms with Crippen molar-refractivity contribution < 1.29 is 9.90 Å². The fourth-order valence-corrected chi connectivity index (χ4v) is 0.708. The van der Waals surface area contributed by atoms with Crippen molar-refractivity contribution in [3.8, 4) is 0 Å².